The molecule has 9 nitrogen and oxygen atoms in total. The molecule has 252 valence electrons. The van der Waals surface area contributed by atoms with E-state index in [0.29, 0.717) is 23.0 Å². The van der Waals surface area contributed by atoms with Crippen LogP contribution in [0.5, 0.6) is 0 Å². The first-order valence-electron chi connectivity index (χ1n) is 13.3. The zero-order valence-electron chi connectivity index (χ0n) is 27.2. The fourth-order valence-corrected chi connectivity index (χ4v) is 2.58. The van der Waals surface area contributed by atoms with Crippen LogP contribution in [0.1, 0.15) is 119 Å². The summed E-state index contributed by atoms with van der Waals surface area (Å²) in [5.74, 6) is -1.36. The van der Waals surface area contributed by atoms with Gasteiger partial charge in [0.1, 0.15) is 18.2 Å². The number of aldehydes is 2. The summed E-state index contributed by atoms with van der Waals surface area (Å²) in [4.78, 5) is 44.3. The van der Waals surface area contributed by atoms with Gasteiger partial charge in [-0.25, -0.2) is 9.59 Å². The van der Waals surface area contributed by atoms with E-state index in [1.165, 1.54) is 24.3 Å². The second-order valence-corrected chi connectivity index (χ2v) is 12.0. The Morgan fingerprint density at radius 1 is 0.682 bits per heavy atom. The van der Waals surface area contributed by atoms with Crippen LogP contribution in [-0.4, -0.2) is 78.5 Å². The molecule has 10 heteroatoms. The molecule has 0 aliphatic heterocycles. The standard InChI is InChI=1S/C12H14O3.C11H25NO2.C8H6O3.CH5P.2CH4/c1-12(2,3)15-11(14)10-6-4-9(8-13)5-7-10;1-10(2,3)13-9(12(7)8)14-11(4,5)6;9-5-6-1-3-7(4-2-6)8(10)11;1-2;;/h4-8H,1-3H3;9H,1-8H3;1-5H,(H,10,11);2H2,1H3;2*1H4. The Labute approximate surface area is 268 Å². The zero-order valence-corrected chi connectivity index (χ0v) is 28.3. The molecule has 0 aromatic heterocycles. The Kier molecular flexibility index (Phi) is 24.5. The highest BCUT2D eigenvalue weighted by Crippen LogP contribution is 2.18. The smallest absolute Gasteiger partial charge is 0.338 e. The highest BCUT2D eigenvalue weighted by atomic mass is 31.0. The summed E-state index contributed by atoms with van der Waals surface area (Å²) in [7, 11) is 6.31. The first-order valence-corrected chi connectivity index (χ1v) is 14.5. The van der Waals surface area contributed by atoms with Crippen molar-refractivity contribution in [2.24, 2.45) is 0 Å². The molecule has 0 saturated carbocycles. The number of carboxylic acid groups (broad SMARTS) is 1. The van der Waals surface area contributed by atoms with Crippen molar-refractivity contribution < 1.29 is 38.5 Å². The molecule has 0 fully saturated rings. The number of ether oxygens (including phenoxy) is 3. The van der Waals surface area contributed by atoms with Gasteiger partial charge in [0.05, 0.1) is 22.3 Å². The van der Waals surface area contributed by atoms with Gasteiger partial charge in [-0.3, -0.25) is 14.5 Å². The third-order valence-corrected chi connectivity index (χ3v) is 4.31. The number of carboxylic acids is 1. The van der Waals surface area contributed by atoms with Crippen LogP contribution in [0.15, 0.2) is 48.5 Å². The van der Waals surface area contributed by atoms with E-state index in [0.717, 1.165) is 6.29 Å². The van der Waals surface area contributed by atoms with Crippen LogP contribution in [0, 0.1) is 0 Å². The van der Waals surface area contributed by atoms with Gasteiger partial charge in [-0.2, -0.15) is 0 Å². The summed E-state index contributed by atoms with van der Waals surface area (Å²) in [6.45, 7) is 19.5. The van der Waals surface area contributed by atoms with Crippen molar-refractivity contribution >= 4 is 33.8 Å². The zero-order chi connectivity index (χ0) is 33.3. The largest absolute Gasteiger partial charge is 0.478 e. The lowest BCUT2D eigenvalue weighted by Gasteiger charge is -2.35. The Bertz CT molecular complexity index is 1060. The molecular formula is C34H58NO8P. The SMILES string of the molecule is C.C.CC(C)(C)OC(=O)c1ccc(C=O)cc1.CN(C)C(OC(C)(C)C)OC(C)(C)C.CP.O=Cc1ccc(C(=O)O)cc1. The minimum atomic E-state index is -0.984. The van der Waals surface area contributed by atoms with Gasteiger partial charge in [0.2, 0.25) is 6.41 Å². The normalized spacial score (nSPS) is 10.6. The number of benzene rings is 2. The summed E-state index contributed by atoms with van der Waals surface area (Å²) >= 11 is 0. The van der Waals surface area contributed by atoms with E-state index in [-0.39, 0.29) is 44.0 Å². The van der Waals surface area contributed by atoms with Gasteiger partial charge in [-0.1, -0.05) is 45.8 Å². The minimum Gasteiger partial charge on any atom is -0.478 e. The number of hydrogen-bond donors (Lipinski definition) is 1. The number of rotatable bonds is 7. The van der Waals surface area contributed by atoms with Crippen molar-refractivity contribution in [1.82, 2.24) is 4.90 Å². The van der Waals surface area contributed by atoms with Crippen molar-refractivity contribution in [3.05, 3.63) is 70.8 Å². The number of aromatic carboxylic acids is 1. The fourth-order valence-electron chi connectivity index (χ4n) is 2.58. The molecule has 2 rings (SSSR count). The van der Waals surface area contributed by atoms with Gasteiger partial charge in [-0.15, -0.1) is 9.24 Å². The second-order valence-electron chi connectivity index (χ2n) is 12.0. The van der Waals surface area contributed by atoms with Gasteiger partial charge < -0.3 is 19.3 Å². The summed E-state index contributed by atoms with van der Waals surface area (Å²) in [6, 6.07) is 12.1. The third-order valence-electron chi connectivity index (χ3n) is 4.31. The molecule has 0 radical (unpaired) electrons. The maximum atomic E-state index is 11.5. The van der Waals surface area contributed by atoms with Crippen LogP contribution in [-0.2, 0) is 14.2 Å². The highest BCUT2D eigenvalue weighted by molar-refractivity contribution is 7.15. The third kappa shape index (κ3) is 24.5. The van der Waals surface area contributed by atoms with E-state index in [1.807, 2.05) is 88.0 Å². The fraction of sp³-hybridized carbons (Fsp3) is 0.529. The van der Waals surface area contributed by atoms with Gasteiger partial charge in [-0.05, 0) is 101 Å². The number of esters is 1. The first-order chi connectivity index (χ1) is 19.2. The molecule has 0 spiro atoms. The van der Waals surface area contributed by atoms with Crippen molar-refractivity contribution in [2.45, 2.75) is 100 Å². The Morgan fingerprint density at radius 2 is 1.00 bits per heavy atom. The lowest BCUT2D eigenvalue weighted by Crippen LogP contribution is -2.43. The number of hydrogen-bond acceptors (Lipinski definition) is 8. The quantitative estimate of drug-likeness (QED) is 0.140. The maximum absolute atomic E-state index is 11.5. The Balaban J connectivity index is -0.000000262. The lowest BCUT2D eigenvalue weighted by molar-refractivity contribution is -0.285. The predicted octanol–water partition coefficient (Wildman–Crippen LogP) is 7.88. The molecule has 44 heavy (non-hydrogen) atoms. The van der Waals surface area contributed by atoms with E-state index in [4.69, 9.17) is 19.3 Å². The van der Waals surface area contributed by atoms with Gasteiger partial charge in [0, 0.05) is 11.1 Å². The van der Waals surface area contributed by atoms with Crippen LogP contribution >= 0.6 is 9.24 Å². The van der Waals surface area contributed by atoms with E-state index in [2.05, 4.69) is 9.24 Å². The van der Waals surface area contributed by atoms with E-state index < -0.39 is 11.6 Å². The van der Waals surface area contributed by atoms with E-state index in [1.54, 1.807) is 24.3 Å². The van der Waals surface area contributed by atoms with Crippen LogP contribution in [0.25, 0.3) is 0 Å². The van der Waals surface area contributed by atoms with Crippen molar-refractivity contribution in [1.29, 1.82) is 0 Å². The van der Waals surface area contributed by atoms with E-state index in [9.17, 15) is 19.2 Å². The minimum absolute atomic E-state index is 0. The van der Waals surface area contributed by atoms with Gasteiger partial charge >= 0.3 is 11.9 Å². The monoisotopic (exact) mass is 639 g/mol. The van der Waals surface area contributed by atoms with Crippen LogP contribution in [0.3, 0.4) is 0 Å². The number of nitrogens with zero attached hydrogens (tertiary/aromatic N) is 1. The average molecular weight is 640 g/mol. The number of carbonyl (C=O) groups excluding carboxylic acids is 3. The summed E-state index contributed by atoms with van der Waals surface area (Å²) in [5, 5.41) is 8.46. The van der Waals surface area contributed by atoms with Gasteiger partial charge in [0.25, 0.3) is 0 Å². The van der Waals surface area contributed by atoms with Crippen molar-refractivity contribution in [3.63, 3.8) is 0 Å². The number of carbonyl (C=O) groups is 4. The molecule has 1 unspecified atom stereocenters. The average Bonchev–Trinajstić information content (AvgIpc) is 2.87. The Hall–Kier alpha value is -2.97. The van der Waals surface area contributed by atoms with Crippen molar-refractivity contribution in [2.75, 3.05) is 20.8 Å². The summed E-state index contributed by atoms with van der Waals surface area (Å²) < 4.78 is 16.7. The topological polar surface area (TPSA) is 119 Å². The molecule has 2 aromatic rings. The van der Waals surface area contributed by atoms with Crippen LogP contribution < -0.4 is 0 Å². The lowest BCUT2D eigenvalue weighted by atomic mass is 10.1. The highest BCUT2D eigenvalue weighted by Gasteiger charge is 2.25. The summed E-state index contributed by atoms with van der Waals surface area (Å²) in [6.07, 6.45) is 1.11. The Morgan fingerprint density at radius 3 is 1.23 bits per heavy atom. The molecule has 0 amide bonds. The van der Waals surface area contributed by atoms with Gasteiger partial charge in [0.15, 0.2) is 0 Å². The molecule has 0 aliphatic carbocycles. The molecule has 1 N–H and O–H groups in total. The molecule has 0 bridgehead atoms. The molecule has 2 aromatic carbocycles. The first kappa shape index (κ1) is 47.9. The molecule has 0 saturated heterocycles. The molecule has 0 aliphatic rings. The van der Waals surface area contributed by atoms with Crippen LogP contribution in [0.4, 0.5) is 0 Å². The van der Waals surface area contributed by atoms with Crippen molar-refractivity contribution in [3.8, 4) is 0 Å². The molecule has 1 atom stereocenters. The second kappa shape index (κ2) is 22.5. The predicted molar refractivity (Wildman–Crippen MR) is 184 cm³/mol. The van der Waals surface area contributed by atoms with E-state index >= 15 is 0 Å². The van der Waals surface area contributed by atoms with Crippen LogP contribution in [0.2, 0.25) is 0 Å². The molecular weight excluding hydrogens is 581 g/mol. The maximum Gasteiger partial charge on any atom is 0.338 e. The summed E-state index contributed by atoms with van der Waals surface area (Å²) in [5.41, 5.74) is 0.782. The molecule has 0 heterocycles.